The Morgan fingerprint density at radius 1 is 1.41 bits per heavy atom. The van der Waals surface area contributed by atoms with E-state index >= 15 is 0 Å². The van der Waals surface area contributed by atoms with Crippen LogP contribution in [0.5, 0.6) is 0 Å². The number of rotatable bonds is 4. The second-order valence-electron chi connectivity index (χ2n) is 4.86. The zero-order chi connectivity index (χ0) is 12.1. The molecule has 1 heterocycles. The van der Waals surface area contributed by atoms with Crippen LogP contribution in [0, 0.1) is 17.2 Å². The molecule has 3 nitrogen and oxygen atoms in total. The summed E-state index contributed by atoms with van der Waals surface area (Å²) >= 11 is 0. The lowest BCUT2D eigenvalue weighted by molar-refractivity contribution is 0.388. The molecule has 0 bridgehead atoms. The number of hydrogen-bond acceptors (Lipinski definition) is 3. The van der Waals surface area contributed by atoms with E-state index in [2.05, 4.69) is 23.3 Å². The minimum Gasteiger partial charge on any atom is -0.312 e. The summed E-state index contributed by atoms with van der Waals surface area (Å²) in [5.74, 6) is 0.790. The van der Waals surface area contributed by atoms with Crippen molar-refractivity contribution in [3.05, 3.63) is 35.4 Å². The first-order valence-electron chi connectivity index (χ1n) is 6.16. The average Bonchev–Trinajstić information content (AvgIpc) is 2.76. The molecule has 1 atom stereocenters. The molecule has 0 saturated carbocycles. The van der Waals surface area contributed by atoms with Crippen LogP contribution in [0.2, 0.25) is 0 Å². The van der Waals surface area contributed by atoms with Gasteiger partial charge in [-0.25, -0.2) is 0 Å². The van der Waals surface area contributed by atoms with Crippen molar-refractivity contribution in [3.63, 3.8) is 0 Å². The fourth-order valence-corrected chi connectivity index (χ4v) is 2.31. The van der Waals surface area contributed by atoms with Crippen LogP contribution in [0.4, 0.5) is 0 Å². The Balaban J connectivity index is 1.73. The first-order chi connectivity index (χ1) is 8.28. The second kappa shape index (κ2) is 5.81. The van der Waals surface area contributed by atoms with Crippen molar-refractivity contribution in [2.75, 3.05) is 26.7 Å². The fraction of sp³-hybridized carbons (Fsp3) is 0.500. The van der Waals surface area contributed by atoms with Crippen molar-refractivity contribution in [1.29, 1.82) is 5.26 Å². The van der Waals surface area contributed by atoms with Crippen molar-refractivity contribution in [1.82, 2.24) is 10.2 Å². The highest BCUT2D eigenvalue weighted by Gasteiger charge is 2.18. The lowest BCUT2D eigenvalue weighted by atomic mass is 10.1. The highest BCUT2D eigenvalue weighted by Crippen LogP contribution is 2.13. The van der Waals surface area contributed by atoms with E-state index < -0.39 is 0 Å². The van der Waals surface area contributed by atoms with Crippen molar-refractivity contribution < 1.29 is 0 Å². The van der Waals surface area contributed by atoms with Crippen molar-refractivity contribution in [2.45, 2.75) is 13.0 Å². The third-order valence-electron chi connectivity index (χ3n) is 3.33. The van der Waals surface area contributed by atoms with E-state index in [4.69, 9.17) is 5.26 Å². The van der Waals surface area contributed by atoms with Crippen LogP contribution in [0.15, 0.2) is 24.3 Å². The maximum absolute atomic E-state index is 8.70. The van der Waals surface area contributed by atoms with Crippen molar-refractivity contribution in [2.24, 2.45) is 5.92 Å². The number of hydrogen-bond donors (Lipinski definition) is 1. The molecule has 1 N–H and O–H groups in total. The molecule has 1 aliphatic rings. The van der Waals surface area contributed by atoms with Crippen molar-refractivity contribution in [3.8, 4) is 6.07 Å². The Labute approximate surface area is 103 Å². The Morgan fingerprint density at radius 3 is 2.76 bits per heavy atom. The van der Waals surface area contributed by atoms with E-state index in [1.165, 1.54) is 25.1 Å². The largest absolute Gasteiger partial charge is 0.312 e. The van der Waals surface area contributed by atoms with E-state index in [9.17, 15) is 0 Å². The van der Waals surface area contributed by atoms with Gasteiger partial charge >= 0.3 is 0 Å². The molecule has 1 unspecified atom stereocenters. The van der Waals surface area contributed by atoms with Gasteiger partial charge in [0.2, 0.25) is 0 Å². The molecule has 0 aromatic heterocycles. The minimum absolute atomic E-state index is 0.728. The highest BCUT2D eigenvalue weighted by atomic mass is 15.1. The number of likely N-dealkylation sites (tertiary alicyclic amines) is 1. The number of benzene rings is 1. The Kier molecular flexibility index (Phi) is 4.13. The zero-order valence-electron chi connectivity index (χ0n) is 10.3. The van der Waals surface area contributed by atoms with Crippen LogP contribution in [-0.4, -0.2) is 31.6 Å². The van der Waals surface area contributed by atoms with Gasteiger partial charge in [-0.2, -0.15) is 5.26 Å². The Bertz CT molecular complexity index is 391. The summed E-state index contributed by atoms with van der Waals surface area (Å²) in [6.07, 6.45) is 1.30. The molecule has 0 aliphatic carbocycles. The van der Waals surface area contributed by atoms with Gasteiger partial charge in [0, 0.05) is 13.1 Å². The summed E-state index contributed by atoms with van der Waals surface area (Å²) in [6, 6.07) is 9.92. The highest BCUT2D eigenvalue weighted by molar-refractivity contribution is 5.31. The quantitative estimate of drug-likeness (QED) is 0.852. The van der Waals surface area contributed by atoms with Crippen molar-refractivity contribution >= 4 is 0 Å². The molecule has 2 rings (SSSR count). The number of nitrogens with one attached hydrogen (secondary N) is 1. The standard InChI is InChI=1S/C14H19N3/c1-17-7-6-14(11-17)10-16-9-13-4-2-12(8-15)3-5-13/h2-5,14,16H,6-7,9-11H2,1H3. The van der Waals surface area contributed by atoms with Gasteiger partial charge in [0.25, 0.3) is 0 Å². The van der Waals surface area contributed by atoms with E-state index in [1.54, 1.807) is 0 Å². The molecule has 3 heteroatoms. The Hall–Kier alpha value is -1.37. The molecule has 1 aromatic carbocycles. The number of nitrogens with zero attached hydrogens (tertiary/aromatic N) is 2. The summed E-state index contributed by atoms with van der Waals surface area (Å²) in [6.45, 7) is 4.42. The average molecular weight is 229 g/mol. The van der Waals surface area contributed by atoms with Gasteiger partial charge in [0.1, 0.15) is 0 Å². The normalized spacial score (nSPS) is 20.4. The molecular formula is C14H19N3. The summed E-state index contributed by atoms with van der Waals surface area (Å²) in [5, 5.41) is 12.2. The van der Waals surface area contributed by atoms with Gasteiger partial charge in [-0.15, -0.1) is 0 Å². The van der Waals surface area contributed by atoms with Crippen LogP contribution in [-0.2, 0) is 6.54 Å². The summed E-state index contributed by atoms with van der Waals surface area (Å²) in [5.41, 5.74) is 1.97. The molecule has 0 amide bonds. The molecule has 1 aliphatic heterocycles. The molecule has 1 saturated heterocycles. The van der Waals surface area contributed by atoms with Crippen LogP contribution in [0.25, 0.3) is 0 Å². The molecule has 0 spiro atoms. The van der Waals surface area contributed by atoms with Gasteiger partial charge in [0.15, 0.2) is 0 Å². The molecular weight excluding hydrogens is 210 g/mol. The zero-order valence-corrected chi connectivity index (χ0v) is 10.3. The van der Waals surface area contributed by atoms with Crippen LogP contribution < -0.4 is 5.32 Å². The predicted octanol–water partition coefficient (Wildman–Crippen LogP) is 1.60. The SMILES string of the molecule is CN1CCC(CNCc2ccc(C#N)cc2)C1. The molecule has 90 valence electrons. The summed E-state index contributed by atoms with van der Waals surface area (Å²) in [7, 11) is 2.18. The van der Waals surface area contributed by atoms with Gasteiger partial charge < -0.3 is 10.2 Å². The maximum Gasteiger partial charge on any atom is 0.0991 e. The van der Waals surface area contributed by atoms with Gasteiger partial charge in [-0.3, -0.25) is 0 Å². The predicted molar refractivity (Wildman–Crippen MR) is 68.5 cm³/mol. The van der Waals surface area contributed by atoms with E-state index in [1.807, 2.05) is 24.3 Å². The maximum atomic E-state index is 8.70. The third-order valence-corrected chi connectivity index (χ3v) is 3.33. The molecule has 0 radical (unpaired) electrons. The summed E-state index contributed by atoms with van der Waals surface area (Å²) in [4.78, 5) is 2.38. The first kappa shape index (κ1) is 12.1. The minimum atomic E-state index is 0.728. The smallest absolute Gasteiger partial charge is 0.0991 e. The molecule has 1 aromatic rings. The summed E-state index contributed by atoms with van der Waals surface area (Å²) < 4.78 is 0. The van der Waals surface area contributed by atoms with Gasteiger partial charge in [-0.05, 0) is 50.2 Å². The van der Waals surface area contributed by atoms with Crippen LogP contribution in [0.1, 0.15) is 17.5 Å². The topological polar surface area (TPSA) is 39.1 Å². The lowest BCUT2D eigenvalue weighted by Gasteiger charge is -2.11. The lowest BCUT2D eigenvalue weighted by Crippen LogP contribution is -2.24. The van der Waals surface area contributed by atoms with Gasteiger partial charge in [-0.1, -0.05) is 12.1 Å². The monoisotopic (exact) mass is 229 g/mol. The second-order valence-corrected chi connectivity index (χ2v) is 4.86. The fourth-order valence-electron chi connectivity index (χ4n) is 2.31. The molecule has 1 fully saturated rings. The molecule has 17 heavy (non-hydrogen) atoms. The number of nitriles is 1. The Morgan fingerprint density at radius 2 is 2.18 bits per heavy atom. The van der Waals surface area contributed by atoms with Gasteiger partial charge in [0.05, 0.1) is 11.6 Å². The first-order valence-corrected chi connectivity index (χ1v) is 6.16. The third kappa shape index (κ3) is 3.55. The van der Waals surface area contributed by atoms with E-state index in [0.717, 1.165) is 24.6 Å². The van der Waals surface area contributed by atoms with E-state index in [0.29, 0.717) is 0 Å². The van der Waals surface area contributed by atoms with Crippen LogP contribution in [0.3, 0.4) is 0 Å². The van der Waals surface area contributed by atoms with Crippen LogP contribution >= 0.6 is 0 Å². The van der Waals surface area contributed by atoms with E-state index in [-0.39, 0.29) is 0 Å².